The Morgan fingerprint density at radius 1 is 1.43 bits per heavy atom. The summed E-state index contributed by atoms with van der Waals surface area (Å²) in [6.07, 6.45) is 5.45. The van der Waals surface area contributed by atoms with Gasteiger partial charge in [0.1, 0.15) is 0 Å². The Bertz CT molecular complexity index is 229. The van der Waals surface area contributed by atoms with Crippen LogP contribution in [0.15, 0.2) is 11.6 Å². The van der Waals surface area contributed by atoms with Crippen LogP contribution in [0.2, 0.25) is 0 Å². The highest BCUT2D eigenvalue weighted by molar-refractivity contribution is 7.09. The first-order valence-electron chi connectivity index (χ1n) is 5.37. The van der Waals surface area contributed by atoms with Crippen molar-refractivity contribution in [3.8, 4) is 0 Å². The van der Waals surface area contributed by atoms with Crippen LogP contribution in [-0.4, -0.2) is 18.1 Å². The molecule has 1 unspecified atom stereocenters. The van der Waals surface area contributed by atoms with E-state index in [1.807, 2.05) is 6.20 Å². The zero-order valence-electron chi connectivity index (χ0n) is 9.29. The van der Waals surface area contributed by atoms with E-state index in [1.165, 1.54) is 17.8 Å². The van der Waals surface area contributed by atoms with Crippen molar-refractivity contribution in [2.75, 3.05) is 7.05 Å². The van der Waals surface area contributed by atoms with Gasteiger partial charge in [-0.3, -0.25) is 0 Å². The fraction of sp³-hybridized carbons (Fsp3) is 0.727. The molecule has 0 aliphatic heterocycles. The van der Waals surface area contributed by atoms with Gasteiger partial charge in [-0.05, 0) is 13.0 Å². The Balaban J connectivity index is 2.53. The molecule has 14 heavy (non-hydrogen) atoms. The fourth-order valence-electron chi connectivity index (χ4n) is 1.90. The second-order valence-electron chi connectivity index (χ2n) is 3.60. The van der Waals surface area contributed by atoms with E-state index in [2.05, 4.69) is 36.6 Å². The number of thiazole rings is 1. The lowest BCUT2D eigenvalue weighted by atomic mass is 9.92. The van der Waals surface area contributed by atoms with Crippen LogP contribution in [-0.2, 0) is 6.42 Å². The quantitative estimate of drug-likeness (QED) is 0.784. The summed E-state index contributed by atoms with van der Waals surface area (Å²) in [4.78, 5) is 4.33. The molecule has 0 radical (unpaired) electrons. The van der Waals surface area contributed by atoms with Crippen LogP contribution >= 0.6 is 11.3 Å². The lowest BCUT2D eigenvalue weighted by molar-refractivity contribution is 0.349. The van der Waals surface area contributed by atoms with Gasteiger partial charge in [-0.15, -0.1) is 11.3 Å². The molecule has 0 fully saturated rings. The topological polar surface area (TPSA) is 24.9 Å². The zero-order valence-corrected chi connectivity index (χ0v) is 10.1. The Hall–Kier alpha value is -0.410. The van der Waals surface area contributed by atoms with E-state index in [1.54, 1.807) is 11.3 Å². The van der Waals surface area contributed by atoms with Crippen molar-refractivity contribution in [3.05, 3.63) is 16.6 Å². The molecule has 1 heterocycles. The average Bonchev–Trinajstić information content (AvgIpc) is 2.70. The normalized spacial score (nSPS) is 13.4. The third kappa shape index (κ3) is 3.07. The molecule has 0 aromatic carbocycles. The van der Waals surface area contributed by atoms with E-state index in [4.69, 9.17) is 0 Å². The van der Waals surface area contributed by atoms with Crippen LogP contribution in [0.25, 0.3) is 0 Å². The van der Waals surface area contributed by atoms with Gasteiger partial charge in [-0.25, -0.2) is 4.98 Å². The number of nitrogens with one attached hydrogen (secondary N) is 1. The highest BCUT2D eigenvalue weighted by atomic mass is 32.1. The van der Waals surface area contributed by atoms with E-state index < -0.39 is 0 Å². The van der Waals surface area contributed by atoms with Crippen molar-refractivity contribution in [3.63, 3.8) is 0 Å². The van der Waals surface area contributed by atoms with Crippen LogP contribution in [0.4, 0.5) is 0 Å². The Morgan fingerprint density at radius 2 is 2.14 bits per heavy atom. The molecule has 0 bridgehead atoms. The van der Waals surface area contributed by atoms with Gasteiger partial charge in [-0.1, -0.05) is 26.7 Å². The minimum atomic E-state index is 0.580. The van der Waals surface area contributed by atoms with Crippen molar-refractivity contribution in [1.82, 2.24) is 10.3 Å². The van der Waals surface area contributed by atoms with Crippen molar-refractivity contribution in [1.29, 1.82) is 0 Å². The molecule has 0 amide bonds. The molecular formula is C11H20N2S. The fourth-order valence-corrected chi connectivity index (χ4v) is 2.58. The molecule has 0 saturated carbocycles. The second-order valence-corrected chi connectivity index (χ2v) is 4.58. The van der Waals surface area contributed by atoms with Gasteiger partial charge in [0.05, 0.1) is 5.01 Å². The van der Waals surface area contributed by atoms with Crippen molar-refractivity contribution in [2.24, 2.45) is 5.92 Å². The minimum Gasteiger partial charge on any atom is -0.316 e. The maximum atomic E-state index is 4.33. The SMILES string of the molecule is CCC(CC)C(Cc1nccs1)NC. The van der Waals surface area contributed by atoms with Gasteiger partial charge < -0.3 is 5.32 Å². The molecule has 1 aromatic heterocycles. The summed E-state index contributed by atoms with van der Waals surface area (Å²) < 4.78 is 0. The van der Waals surface area contributed by atoms with Gasteiger partial charge >= 0.3 is 0 Å². The summed E-state index contributed by atoms with van der Waals surface area (Å²) in [7, 11) is 2.05. The molecule has 0 spiro atoms. The summed E-state index contributed by atoms with van der Waals surface area (Å²) in [5.41, 5.74) is 0. The third-order valence-electron chi connectivity index (χ3n) is 2.87. The third-order valence-corrected chi connectivity index (χ3v) is 3.67. The van der Waals surface area contributed by atoms with Crippen LogP contribution in [0.5, 0.6) is 0 Å². The number of hydrogen-bond donors (Lipinski definition) is 1. The van der Waals surface area contributed by atoms with E-state index in [0.717, 1.165) is 12.3 Å². The lowest BCUT2D eigenvalue weighted by Crippen LogP contribution is -2.35. The highest BCUT2D eigenvalue weighted by Crippen LogP contribution is 2.18. The first-order valence-corrected chi connectivity index (χ1v) is 6.25. The Labute approximate surface area is 90.8 Å². The summed E-state index contributed by atoms with van der Waals surface area (Å²) in [6, 6.07) is 0.580. The molecule has 0 saturated heterocycles. The van der Waals surface area contributed by atoms with Crippen LogP contribution in [0.3, 0.4) is 0 Å². The maximum Gasteiger partial charge on any atom is 0.0940 e. The molecular weight excluding hydrogens is 192 g/mol. The molecule has 2 nitrogen and oxygen atoms in total. The molecule has 1 atom stereocenters. The van der Waals surface area contributed by atoms with E-state index in [9.17, 15) is 0 Å². The number of rotatable bonds is 6. The molecule has 1 N–H and O–H groups in total. The van der Waals surface area contributed by atoms with E-state index in [0.29, 0.717) is 6.04 Å². The predicted molar refractivity (Wildman–Crippen MR) is 62.7 cm³/mol. The van der Waals surface area contributed by atoms with Gasteiger partial charge in [0.25, 0.3) is 0 Å². The van der Waals surface area contributed by atoms with Crippen molar-refractivity contribution < 1.29 is 0 Å². The first kappa shape index (κ1) is 11.7. The molecule has 80 valence electrons. The molecule has 1 aromatic rings. The molecule has 3 heteroatoms. The first-order chi connectivity index (χ1) is 6.81. The van der Waals surface area contributed by atoms with Gasteiger partial charge in [-0.2, -0.15) is 0 Å². The van der Waals surface area contributed by atoms with Crippen molar-refractivity contribution >= 4 is 11.3 Å². The summed E-state index contributed by atoms with van der Waals surface area (Å²) in [5.74, 6) is 0.767. The van der Waals surface area contributed by atoms with Gasteiger partial charge in [0.15, 0.2) is 0 Å². The Kier molecular flexibility index (Phi) is 5.12. The number of hydrogen-bond acceptors (Lipinski definition) is 3. The predicted octanol–water partition coefficient (Wildman–Crippen LogP) is 2.71. The smallest absolute Gasteiger partial charge is 0.0940 e. The summed E-state index contributed by atoms with van der Waals surface area (Å²) >= 11 is 1.75. The van der Waals surface area contributed by atoms with Crippen LogP contribution in [0.1, 0.15) is 31.7 Å². The highest BCUT2D eigenvalue weighted by Gasteiger charge is 2.17. The number of nitrogens with zero attached hydrogens (tertiary/aromatic N) is 1. The standard InChI is InChI=1S/C11H20N2S/c1-4-9(5-2)10(12-3)8-11-13-6-7-14-11/h6-7,9-10,12H,4-5,8H2,1-3H3. The minimum absolute atomic E-state index is 0.580. The van der Waals surface area contributed by atoms with Gasteiger partial charge in [0.2, 0.25) is 0 Å². The number of aromatic nitrogens is 1. The van der Waals surface area contributed by atoms with E-state index in [-0.39, 0.29) is 0 Å². The molecule has 0 aliphatic rings. The van der Waals surface area contributed by atoms with Crippen LogP contribution in [0, 0.1) is 5.92 Å². The van der Waals surface area contributed by atoms with Crippen LogP contribution < -0.4 is 5.32 Å². The summed E-state index contributed by atoms with van der Waals surface area (Å²) in [5, 5.41) is 6.71. The van der Waals surface area contributed by atoms with E-state index >= 15 is 0 Å². The second kappa shape index (κ2) is 6.14. The molecule has 0 aliphatic carbocycles. The largest absolute Gasteiger partial charge is 0.316 e. The average molecular weight is 212 g/mol. The zero-order chi connectivity index (χ0) is 10.4. The lowest BCUT2D eigenvalue weighted by Gasteiger charge is -2.23. The van der Waals surface area contributed by atoms with Crippen molar-refractivity contribution in [2.45, 2.75) is 39.2 Å². The maximum absolute atomic E-state index is 4.33. The monoisotopic (exact) mass is 212 g/mol. The molecule has 1 rings (SSSR count). The summed E-state index contributed by atoms with van der Waals surface area (Å²) in [6.45, 7) is 4.53. The number of likely N-dealkylation sites (N-methyl/N-ethyl adjacent to an activating group) is 1. The van der Waals surface area contributed by atoms with Gasteiger partial charge in [0, 0.05) is 24.0 Å². The Morgan fingerprint density at radius 3 is 2.57 bits per heavy atom.